The van der Waals surface area contributed by atoms with Gasteiger partial charge in [-0.15, -0.1) is 11.3 Å². The first-order valence-electron chi connectivity index (χ1n) is 5.43. The van der Waals surface area contributed by atoms with E-state index in [0.29, 0.717) is 0 Å². The maximum atomic E-state index is 5.77. The number of aryl methyl sites for hydroxylation is 1. The number of benzene rings is 1. The summed E-state index contributed by atoms with van der Waals surface area (Å²) in [4.78, 5) is 4.62. The van der Waals surface area contributed by atoms with E-state index >= 15 is 0 Å². The van der Waals surface area contributed by atoms with Gasteiger partial charge >= 0.3 is 0 Å². The van der Waals surface area contributed by atoms with Crippen molar-refractivity contribution in [3.05, 3.63) is 40.9 Å². The fourth-order valence-electron chi connectivity index (χ4n) is 1.67. The Hall–Kier alpha value is -1.19. The van der Waals surface area contributed by atoms with E-state index in [1.165, 1.54) is 11.1 Å². The normalized spacial score (nSPS) is 12.7. The van der Waals surface area contributed by atoms with E-state index in [-0.39, 0.29) is 6.04 Å². The van der Waals surface area contributed by atoms with E-state index < -0.39 is 0 Å². The van der Waals surface area contributed by atoms with Crippen LogP contribution in [0, 0.1) is 6.92 Å². The monoisotopic (exact) mass is 232 g/mol. The molecule has 0 saturated heterocycles. The van der Waals surface area contributed by atoms with Gasteiger partial charge in [0.15, 0.2) is 0 Å². The largest absolute Gasteiger partial charge is 0.328 e. The van der Waals surface area contributed by atoms with Gasteiger partial charge in [-0.05, 0) is 19.4 Å². The molecule has 2 rings (SSSR count). The average molecular weight is 232 g/mol. The fraction of sp³-hybridized carbons (Fsp3) is 0.308. The van der Waals surface area contributed by atoms with E-state index in [2.05, 4.69) is 41.6 Å². The summed E-state index contributed by atoms with van der Waals surface area (Å²) in [6, 6.07) is 8.50. The molecule has 3 heteroatoms. The van der Waals surface area contributed by atoms with Crippen molar-refractivity contribution >= 4 is 11.3 Å². The van der Waals surface area contributed by atoms with Crippen molar-refractivity contribution in [1.82, 2.24) is 4.98 Å². The summed E-state index contributed by atoms with van der Waals surface area (Å²) in [5.74, 6) is 0. The minimum Gasteiger partial charge on any atom is -0.328 e. The standard InChI is InChI=1S/C13H16N2S/c1-9-5-3-4-6-12(9)13-15-11(8-16-13)7-10(2)14/h3-6,8,10H,7,14H2,1-2H3. The van der Waals surface area contributed by atoms with Gasteiger partial charge in [0.25, 0.3) is 0 Å². The van der Waals surface area contributed by atoms with Gasteiger partial charge in [-0.2, -0.15) is 0 Å². The number of hydrogen-bond donors (Lipinski definition) is 1. The number of hydrogen-bond acceptors (Lipinski definition) is 3. The van der Waals surface area contributed by atoms with Gasteiger partial charge in [-0.25, -0.2) is 4.98 Å². The Bertz CT molecular complexity index is 474. The lowest BCUT2D eigenvalue weighted by Gasteiger charge is -2.01. The van der Waals surface area contributed by atoms with Crippen molar-refractivity contribution in [1.29, 1.82) is 0 Å². The smallest absolute Gasteiger partial charge is 0.123 e. The van der Waals surface area contributed by atoms with Gasteiger partial charge < -0.3 is 5.73 Å². The third-order valence-electron chi connectivity index (χ3n) is 2.46. The van der Waals surface area contributed by atoms with E-state index in [1.807, 2.05) is 6.92 Å². The molecule has 2 aromatic rings. The molecule has 0 spiro atoms. The summed E-state index contributed by atoms with van der Waals surface area (Å²) in [6.07, 6.45) is 0.850. The summed E-state index contributed by atoms with van der Waals surface area (Å²) in [5.41, 5.74) is 9.36. The molecule has 1 heterocycles. The number of nitrogens with zero attached hydrogens (tertiary/aromatic N) is 1. The summed E-state index contributed by atoms with van der Waals surface area (Å²) in [5, 5.41) is 3.19. The minimum atomic E-state index is 0.173. The highest BCUT2D eigenvalue weighted by molar-refractivity contribution is 7.13. The maximum absolute atomic E-state index is 5.77. The van der Waals surface area contributed by atoms with E-state index in [4.69, 9.17) is 5.73 Å². The Balaban J connectivity index is 2.28. The molecular formula is C13H16N2S. The van der Waals surface area contributed by atoms with E-state index in [0.717, 1.165) is 17.1 Å². The molecule has 0 amide bonds. The Morgan fingerprint density at radius 2 is 2.12 bits per heavy atom. The molecule has 16 heavy (non-hydrogen) atoms. The van der Waals surface area contributed by atoms with Crippen molar-refractivity contribution in [2.75, 3.05) is 0 Å². The first-order valence-corrected chi connectivity index (χ1v) is 6.31. The molecule has 0 aliphatic rings. The molecular weight excluding hydrogens is 216 g/mol. The predicted molar refractivity (Wildman–Crippen MR) is 69.6 cm³/mol. The zero-order valence-electron chi connectivity index (χ0n) is 9.60. The highest BCUT2D eigenvalue weighted by atomic mass is 32.1. The zero-order valence-corrected chi connectivity index (χ0v) is 10.4. The molecule has 1 unspecified atom stereocenters. The van der Waals surface area contributed by atoms with E-state index in [9.17, 15) is 0 Å². The summed E-state index contributed by atoms with van der Waals surface area (Å²) in [6.45, 7) is 4.12. The lowest BCUT2D eigenvalue weighted by molar-refractivity contribution is 0.726. The highest BCUT2D eigenvalue weighted by Gasteiger charge is 2.07. The van der Waals surface area contributed by atoms with Gasteiger partial charge in [-0.3, -0.25) is 0 Å². The van der Waals surface area contributed by atoms with Crippen molar-refractivity contribution in [3.63, 3.8) is 0 Å². The second kappa shape index (κ2) is 4.76. The van der Waals surface area contributed by atoms with Gasteiger partial charge in [-0.1, -0.05) is 24.3 Å². The van der Waals surface area contributed by atoms with Crippen molar-refractivity contribution in [2.45, 2.75) is 26.3 Å². The number of aromatic nitrogens is 1. The lowest BCUT2D eigenvalue weighted by atomic mass is 10.1. The zero-order chi connectivity index (χ0) is 11.5. The van der Waals surface area contributed by atoms with Crippen LogP contribution < -0.4 is 5.73 Å². The van der Waals surface area contributed by atoms with Crippen molar-refractivity contribution in [3.8, 4) is 10.6 Å². The highest BCUT2D eigenvalue weighted by Crippen LogP contribution is 2.26. The molecule has 0 fully saturated rings. The van der Waals surface area contributed by atoms with Crippen LogP contribution in [0.4, 0.5) is 0 Å². The second-order valence-corrected chi connectivity index (χ2v) is 5.00. The number of thiazole rings is 1. The molecule has 2 nitrogen and oxygen atoms in total. The first kappa shape index (κ1) is 11.3. The molecule has 1 aromatic carbocycles. The molecule has 84 valence electrons. The molecule has 0 bridgehead atoms. The summed E-state index contributed by atoms with van der Waals surface area (Å²) in [7, 11) is 0. The van der Waals surface area contributed by atoms with Gasteiger partial charge in [0.2, 0.25) is 0 Å². The molecule has 0 aliphatic carbocycles. The summed E-state index contributed by atoms with van der Waals surface area (Å²) >= 11 is 1.69. The Morgan fingerprint density at radius 1 is 1.38 bits per heavy atom. The fourth-order valence-corrected chi connectivity index (χ4v) is 2.59. The van der Waals surface area contributed by atoms with Crippen LogP contribution in [0.5, 0.6) is 0 Å². The Kier molecular flexibility index (Phi) is 3.36. The molecule has 0 radical (unpaired) electrons. The van der Waals surface area contributed by atoms with Crippen LogP contribution in [0.25, 0.3) is 10.6 Å². The number of nitrogens with two attached hydrogens (primary N) is 1. The van der Waals surface area contributed by atoms with Crippen LogP contribution in [-0.4, -0.2) is 11.0 Å². The van der Waals surface area contributed by atoms with E-state index in [1.54, 1.807) is 11.3 Å². The first-order chi connectivity index (χ1) is 7.66. The third-order valence-corrected chi connectivity index (χ3v) is 3.38. The average Bonchev–Trinajstić information content (AvgIpc) is 2.66. The molecule has 1 atom stereocenters. The van der Waals surface area contributed by atoms with Crippen LogP contribution in [0.15, 0.2) is 29.6 Å². The van der Waals surface area contributed by atoms with Gasteiger partial charge in [0.1, 0.15) is 5.01 Å². The van der Waals surface area contributed by atoms with Crippen LogP contribution >= 0.6 is 11.3 Å². The predicted octanol–water partition coefficient (Wildman–Crippen LogP) is 3.01. The number of rotatable bonds is 3. The Morgan fingerprint density at radius 3 is 2.81 bits per heavy atom. The van der Waals surface area contributed by atoms with Crippen LogP contribution in [0.3, 0.4) is 0 Å². The van der Waals surface area contributed by atoms with Crippen LogP contribution in [-0.2, 0) is 6.42 Å². The molecule has 0 aliphatic heterocycles. The molecule has 1 aromatic heterocycles. The third kappa shape index (κ3) is 2.49. The molecule has 2 N–H and O–H groups in total. The Labute approximate surface area is 100 Å². The van der Waals surface area contributed by atoms with Crippen LogP contribution in [0.2, 0.25) is 0 Å². The van der Waals surface area contributed by atoms with Crippen molar-refractivity contribution in [2.24, 2.45) is 5.73 Å². The van der Waals surface area contributed by atoms with Crippen molar-refractivity contribution < 1.29 is 0 Å². The summed E-state index contributed by atoms with van der Waals surface area (Å²) < 4.78 is 0. The maximum Gasteiger partial charge on any atom is 0.123 e. The van der Waals surface area contributed by atoms with Crippen LogP contribution in [0.1, 0.15) is 18.2 Å². The SMILES string of the molecule is Cc1ccccc1-c1nc(CC(C)N)cs1. The minimum absolute atomic E-state index is 0.173. The lowest BCUT2D eigenvalue weighted by Crippen LogP contribution is -2.17. The van der Waals surface area contributed by atoms with Gasteiger partial charge in [0, 0.05) is 23.4 Å². The second-order valence-electron chi connectivity index (χ2n) is 4.14. The van der Waals surface area contributed by atoms with Gasteiger partial charge in [0.05, 0.1) is 5.69 Å². The quantitative estimate of drug-likeness (QED) is 0.883. The topological polar surface area (TPSA) is 38.9 Å². The molecule has 0 saturated carbocycles.